The molecular formula is C115H138B2N9NaO15. The molecule has 0 amide bonds. The van der Waals surface area contributed by atoms with Gasteiger partial charge in [-0.1, -0.05) is 78.9 Å². The summed E-state index contributed by atoms with van der Waals surface area (Å²) in [6.45, 7) is 32.2. The molecule has 3 aromatic heterocycles. The van der Waals surface area contributed by atoms with Crippen LogP contribution in [0.5, 0.6) is 23.0 Å². The minimum atomic E-state index is -0.639. The van der Waals surface area contributed by atoms with E-state index < -0.39 is 17.9 Å². The van der Waals surface area contributed by atoms with Gasteiger partial charge in [0.2, 0.25) is 5.97 Å². The van der Waals surface area contributed by atoms with Crippen molar-refractivity contribution >= 4 is 129 Å². The molecule has 0 bridgehead atoms. The summed E-state index contributed by atoms with van der Waals surface area (Å²) in [6.07, 6.45) is 17.2. The van der Waals surface area contributed by atoms with E-state index in [4.69, 9.17) is 18.9 Å². The summed E-state index contributed by atoms with van der Waals surface area (Å²) in [5.74, 6) is 2.27. The van der Waals surface area contributed by atoms with Gasteiger partial charge in [0.15, 0.2) is 23.1 Å². The van der Waals surface area contributed by atoms with Gasteiger partial charge >= 0.3 is 41.5 Å². The molecule has 4 saturated heterocycles. The van der Waals surface area contributed by atoms with Gasteiger partial charge in [-0.15, -0.1) is 13.2 Å². The molecule has 0 aliphatic carbocycles. The summed E-state index contributed by atoms with van der Waals surface area (Å²) >= 11 is 0. The molecular weight excluding hydrogens is 1790 g/mol. The van der Waals surface area contributed by atoms with E-state index >= 15 is 0 Å². The van der Waals surface area contributed by atoms with Crippen LogP contribution in [-0.2, 0) is 61.5 Å². The number of para-hydroxylation sites is 3. The van der Waals surface area contributed by atoms with Crippen molar-refractivity contribution in [2.24, 2.45) is 0 Å². The summed E-state index contributed by atoms with van der Waals surface area (Å²) in [7, 11) is 12.4. The number of Topliss-reactive ketones (excluding diaryl/α,β-unsaturated/α-hetero) is 4. The number of piperidine rings is 4. The van der Waals surface area contributed by atoms with Crippen molar-refractivity contribution in [3.63, 3.8) is 0 Å². The largest absolute Gasteiger partial charge is 1.00 e. The summed E-state index contributed by atoms with van der Waals surface area (Å²) < 4.78 is 35.0. The van der Waals surface area contributed by atoms with Gasteiger partial charge in [-0.25, -0.2) is 19.4 Å². The fraction of sp³-hybridized carbons (Fsp3) is 0.374. The number of ketones is 4. The molecule has 2 N–H and O–H groups in total. The minimum absolute atomic E-state index is 0. The number of aryl methyl sites for hydroxylation is 3. The first-order valence-electron chi connectivity index (χ1n) is 49.1. The zero-order valence-corrected chi connectivity index (χ0v) is 86.7. The predicted octanol–water partition coefficient (Wildman–Crippen LogP) is 17.8. The maximum absolute atomic E-state index is 12.4. The molecule has 27 heteroatoms. The quantitative estimate of drug-likeness (QED) is 0.00992. The van der Waals surface area contributed by atoms with Gasteiger partial charge < -0.3 is 65.8 Å². The zero-order chi connectivity index (χ0) is 99.8. The van der Waals surface area contributed by atoms with Crippen LogP contribution in [0.2, 0.25) is 0 Å². The van der Waals surface area contributed by atoms with Gasteiger partial charge in [-0.05, 0) is 321 Å². The van der Waals surface area contributed by atoms with Gasteiger partial charge in [-0.2, -0.15) is 0 Å². The fourth-order valence-electron chi connectivity index (χ4n) is 17.9. The Balaban J connectivity index is 0.000000197. The molecule has 0 spiro atoms. The van der Waals surface area contributed by atoms with E-state index in [1.165, 1.54) is 78.1 Å². The SMILES string of the molecule is C=CCC(=O)c1ccc(OC2CCN(Cc3ccc4c(c3)c3ccccc3n4CC)CC2)cc1.C=CCC(=O)c1ccc(OC2CCNCC2)cc1.CC(=O)OOC(C)=O.CCn1c2ccccc2c2cc(C=O)ccc21.CCn1c2ccccc2c2cc(CN3CCC(Oc4ccc(C(=O)CCCN(C)C)cc4)CC3)ccc21.CN(C)CCCC(=O)c1ccc(OC2CCNCC2)cc1.[B-]OC(C)=O.[B].[Na+]. The molecule has 6 radical (unpaired) electrons. The third-order valence-electron chi connectivity index (χ3n) is 25.0. The molecule has 4 aliphatic rings. The number of hydrogen-bond acceptors (Lipinski definition) is 21. The maximum atomic E-state index is 12.4. The Morgan fingerprint density at radius 2 is 0.662 bits per heavy atom. The van der Waals surface area contributed by atoms with E-state index in [1.54, 1.807) is 12.2 Å². The van der Waals surface area contributed by atoms with Crippen molar-refractivity contribution in [2.45, 2.75) is 189 Å². The van der Waals surface area contributed by atoms with Crippen molar-refractivity contribution in [3.8, 4) is 23.0 Å². The average molecular weight is 1930 g/mol. The first-order valence-corrected chi connectivity index (χ1v) is 49.1. The number of benzene rings is 10. The van der Waals surface area contributed by atoms with Gasteiger partial charge in [-0.3, -0.25) is 38.6 Å². The molecule has 10 aromatic carbocycles. The van der Waals surface area contributed by atoms with E-state index in [0.717, 1.165) is 228 Å². The number of aldehydes is 1. The monoisotopic (exact) mass is 1930 g/mol. The Morgan fingerprint density at radius 3 is 0.944 bits per heavy atom. The number of carbonyl (C=O) groups is 8. The van der Waals surface area contributed by atoms with Crippen molar-refractivity contribution in [2.75, 3.05) is 93.6 Å². The fourth-order valence-corrected chi connectivity index (χ4v) is 17.9. The van der Waals surface area contributed by atoms with Crippen molar-refractivity contribution in [1.29, 1.82) is 0 Å². The number of allylic oxidation sites excluding steroid dienone is 2. The van der Waals surface area contributed by atoms with Gasteiger partial charge in [0.25, 0.3) is 0 Å². The predicted molar refractivity (Wildman–Crippen MR) is 567 cm³/mol. The molecule has 0 unspecified atom stereocenters. The summed E-state index contributed by atoms with van der Waals surface area (Å²) in [6, 6.07) is 75.8. The number of rotatable bonds is 32. The van der Waals surface area contributed by atoms with E-state index in [0.29, 0.717) is 49.0 Å². The topological polar surface area (TPSA) is 253 Å². The van der Waals surface area contributed by atoms with E-state index in [9.17, 15) is 38.4 Å². The first kappa shape index (κ1) is 114. The van der Waals surface area contributed by atoms with Gasteiger partial charge in [0, 0.05) is 207 Å². The van der Waals surface area contributed by atoms with Crippen LogP contribution in [0.3, 0.4) is 0 Å². The first-order chi connectivity index (χ1) is 67.9. The summed E-state index contributed by atoms with van der Waals surface area (Å²) in [4.78, 5) is 105. The third kappa shape index (κ3) is 34.4. The number of carbonyl (C=O) groups excluding carboxylic acids is 8. The second kappa shape index (κ2) is 59.1. The Morgan fingerprint density at radius 1 is 0.380 bits per heavy atom. The van der Waals surface area contributed by atoms with Gasteiger partial charge in [0.05, 0.1) is 0 Å². The van der Waals surface area contributed by atoms with Crippen LogP contribution < -0.4 is 59.1 Å². The molecule has 0 atom stereocenters. The van der Waals surface area contributed by atoms with Crippen LogP contribution in [0, 0.1) is 0 Å². The minimum Gasteiger partial charge on any atom is -0.793 e. The average Bonchev–Trinajstić information content (AvgIpc) is 1.63. The Bertz CT molecular complexity index is 6220. The van der Waals surface area contributed by atoms with Crippen LogP contribution in [-0.4, -0.2) is 215 Å². The third-order valence-corrected chi connectivity index (χ3v) is 25.0. The van der Waals surface area contributed by atoms with Crippen LogP contribution in [0.25, 0.3) is 65.4 Å². The van der Waals surface area contributed by atoms with Gasteiger partial charge in [0.1, 0.15) is 53.7 Å². The van der Waals surface area contributed by atoms with Crippen molar-refractivity contribution < 1.29 is 101 Å². The molecule has 24 nitrogen and oxygen atoms in total. The molecule has 740 valence electrons. The summed E-state index contributed by atoms with van der Waals surface area (Å²) in [5.41, 5.74) is 14.1. The number of fused-ring (bicyclic) bond motifs is 9. The molecule has 4 aliphatic heterocycles. The maximum Gasteiger partial charge on any atom is 1.00 e. The van der Waals surface area contributed by atoms with Crippen LogP contribution in [0.1, 0.15) is 194 Å². The van der Waals surface area contributed by atoms with Crippen molar-refractivity contribution in [1.82, 2.24) is 43.9 Å². The smallest absolute Gasteiger partial charge is 0.793 e. The van der Waals surface area contributed by atoms with E-state index in [-0.39, 0.29) is 73.3 Å². The standard InChI is InChI=1S/C32H39N3O2.C30H32N2O2.C17H26N2O2.C15H19NO2.C15H13NO.C4H6O4.C2H3BO2.B.Na/c1-4-35-30-9-6-5-8-28(30)29-22-24(11-16-31(29)35)23-34-20-17-27(18-21-34)37-26-14-12-25(13-15-26)32(36)10-7-19-33(2)3;1-3-7-30(33)23-11-13-24(14-12-23)34-25-16-18-31(19-17-25)21-22-10-15-29-27(20-22)26-8-5-6-9-28(26)32(29)4-2;1-19(2)13-3-4-17(20)14-5-7-15(8-6-14)21-16-9-11-18-12-10-16;1-2-3-15(17)12-4-6-13(7-5-12)18-14-8-10-16-11-9-14;1-2-16-14-6-4-3-5-12(14)13-9-11(10-17)7-8-15(13)16;1-3(5)7-8-4(2)6;1-2(4)5-3;;/h5-6,8-9,11-16,22,27H,4,7,10,17-21,23H2,1-3H3;3,5-6,8-15,20,25H,1,4,7,16-19,21H2,2H3;5-8,16,18H,3-4,9-13H2,1-2H3;2,4-7,14,16H,1,3,8-11H2;3-10H,2H2,1H3;1-2H3;1H3;;/q;;;;;;-1;;+1. The number of nitrogens with zero attached hydrogens (tertiary/aromatic N) is 7. The Hall–Kier alpha value is -12.1. The molecule has 0 saturated carbocycles. The number of ether oxygens (including phenoxy) is 4. The zero-order valence-electron chi connectivity index (χ0n) is 84.7. The number of likely N-dealkylation sites (tertiary alicyclic amines) is 2. The summed E-state index contributed by atoms with van der Waals surface area (Å²) in [5, 5.41) is 14.4. The second-order valence-corrected chi connectivity index (χ2v) is 36.1. The van der Waals surface area contributed by atoms with Crippen molar-refractivity contribution in [3.05, 3.63) is 289 Å². The van der Waals surface area contributed by atoms with Crippen LogP contribution >= 0.6 is 0 Å². The molecule has 142 heavy (non-hydrogen) atoms. The Kier molecular flexibility index (Phi) is 47.3. The molecule has 17 rings (SSSR count). The van der Waals surface area contributed by atoms with Crippen LogP contribution in [0.15, 0.2) is 250 Å². The number of hydrogen-bond donors (Lipinski definition) is 2. The molecule has 13 aromatic rings. The number of nitrogens with one attached hydrogen (secondary N) is 2. The Labute approximate surface area is 862 Å². The van der Waals surface area contributed by atoms with Crippen LogP contribution in [0.4, 0.5) is 0 Å². The molecule has 7 heterocycles. The number of aromatic nitrogens is 3. The molecule has 4 fully saturated rings. The van der Waals surface area contributed by atoms with E-state index in [1.807, 2.05) is 156 Å². The second-order valence-electron chi connectivity index (χ2n) is 36.1. The van der Waals surface area contributed by atoms with E-state index in [2.05, 4.69) is 197 Å². The normalized spacial score (nSPS) is 14.0.